The molecule has 2 aliphatic heterocycles. The molecule has 2 saturated heterocycles. The zero-order valence-corrected chi connectivity index (χ0v) is 26.5. The summed E-state index contributed by atoms with van der Waals surface area (Å²) in [5, 5.41) is 10.2. The van der Waals surface area contributed by atoms with Gasteiger partial charge in [-0.2, -0.15) is 9.40 Å². The maximum absolute atomic E-state index is 14.5. The quantitative estimate of drug-likeness (QED) is 0.281. The van der Waals surface area contributed by atoms with Crippen LogP contribution in [0.2, 0.25) is 0 Å². The number of imidazole rings is 1. The molecule has 6 rings (SSSR count). The van der Waals surface area contributed by atoms with Crippen LogP contribution in [0.15, 0.2) is 82.7 Å². The molecule has 1 unspecified atom stereocenters. The molecule has 2 aromatic heterocycles. The second-order valence-corrected chi connectivity index (χ2v) is 13.5. The zero-order valence-electron chi connectivity index (χ0n) is 25.7. The highest BCUT2D eigenvalue weighted by Crippen LogP contribution is 2.32. The van der Waals surface area contributed by atoms with Crippen molar-refractivity contribution >= 4 is 21.8 Å². The highest BCUT2D eigenvalue weighted by atomic mass is 32.2. The Bertz CT molecular complexity index is 1860. The van der Waals surface area contributed by atoms with E-state index in [9.17, 15) is 22.8 Å². The molecule has 0 spiro atoms. The highest BCUT2D eigenvalue weighted by molar-refractivity contribution is 7.89. The lowest BCUT2D eigenvalue weighted by atomic mass is 10.0. The first kappa shape index (κ1) is 31.5. The number of hydrogen-bond acceptors (Lipinski definition) is 7. The van der Waals surface area contributed by atoms with E-state index in [2.05, 4.69) is 15.7 Å². The van der Waals surface area contributed by atoms with Gasteiger partial charge in [-0.05, 0) is 25.0 Å². The van der Waals surface area contributed by atoms with E-state index in [-0.39, 0.29) is 42.0 Å². The third-order valence-corrected chi connectivity index (χ3v) is 10.3. The summed E-state index contributed by atoms with van der Waals surface area (Å²) in [7, 11) is -2.20. The predicted molar refractivity (Wildman–Crippen MR) is 172 cm³/mol. The number of sulfonamides is 1. The molecule has 2 fully saturated rings. The molecule has 2 aromatic carbocycles. The van der Waals surface area contributed by atoms with Crippen LogP contribution in [0.4, 0.5) is 0 Å². The third-order valence-electron chi connectivity index (χ3n) is 8.53. The first-order valence-corrected chi connectivity index (χ1v) is 16.9. The first-order chi connectivity index (χ1) is 22.3. The van der Waals surface area contributed by atoms with Crippen molar-refractivity contribution in [3.8, 4) is 11.3 Å². The minimum atomic E-state index is -3.86. The number of benzene rings is 2. The van der Waals surface area contributed by atoms with Gasteiger partial charge in [0.25, 0.3) is 11.8 Å². The number of hydrogen-bond donors (Lipinski definition) is 2. The maximum Gasteiger partial charge on any atom is 0.329 e. The monoisotopic (exact) mass is 646 g/mol. The molecule has 13 nitrogen and oxygen atoms in total. The molecule has 2 N–H and O–H groups in total. The van der Waals surface area contributed by atoms with Gasteiger partial charge >= 0.3 is 5.69 Å². The van der Waals surface area contributed by atoms with Crippen molar-refractivity contribution in [1.82, 2.24) is 38.8 Å². The molecule has 4 heterocycles. The van der Waals surface area contributed by atoms with Crippen LogP contribution in [0, 0.1) is 0 Å². The Hall–Kier alpha value is -4.53. The predicted octanol–water partition coefficient (Wildman–Crippen LogP) is 1.55. The topological polar surface area (TPSA) is 144 Å². The third kappa shape index (κ3) is 6.28. The fourth-order valence-corrected chi connectivity index (χ4v) is 7.72. The minimum Gasteiger partial charge on any atom is -0.350 e. The van der Waals surface area contributed by atoms with E-state index in [1.165, 1.54) is 25.9 Å². The van der Waals surface area contributed by atoms with Crippen molar-refractivity contribution in [2.45, 2.75) is 30.3 Å². The number of nitrogens with one attached hydrogen (secondary N) is 2. The summed E-state index contributed by atoms with van der Waals surface area (Å²) in [6, 6.07) is 17.5. The number of carbonyl (C=O) groups excluding carboxylic acids is 2. The minimum absolute atomic E-state index is 0.0574. The Morgan fingerprint density at radius 3 is 2.37 bits per heavy atom. The number of nitrogens with zero attached hydrogens (tertiary/aromatic N) is 6. The van der Waals surface area contributed by atoms with Crippen molar-refractivity contribution in [1.29, 1.82) is 0 Å². The van der Waals surface area contributed by atoms with Crippen LogP contribution in [0.3, 0.4) is 0 Å². The molecule has 242 valence electrons. The Kier molecular flexibility index (Phi) is 9.20. The average molecular weight is 647 g/mol. The Morgan fingerprint density at radius 1 is 1.00 bits per heavy atom. The molecule has 0 radical (unpaired) electrons. The van der Waals surface area contributed by atoms with Crippen molar-refractivity contribution in [3.05, 3.63) is 94.8 Å². The van der Waals surface area contributed by atoms with Crippen LogP contribution in [-0.2, 0) is 23.6 Å². The van der Waals surface area contributed by atoms with E-state index < -0.39 is 21.8 Å². The Morgan fingerprint density at radius 2 is 1.70 bits per heavy atom. The van der Waals surface area contributed by atoms with Crippen molar-refractivity contribution in [3.63, 3.8) is 0 Å². The molecule has 14 heteroatoms. The molecule has 0 bridgehead atoms. The lowest BCUT2D eigenvalue weighted by Gasteiger charge is -2.33. The van der Waals surface area contributed by atoms with E-state index >= 15 is 0 Å². The van der Waals surface area contributed by atoms with Crippen LogP contribution in [0.1, 0.15) is 39.7 Å². The first-order valence-electron chi connectivity index (χ1n) is 15.5. The number of piperazine rings is 1. The van der Waals surface area contributed by atoms with Crippen LogP contribution in [0.25, 0.3) is 11.3 Å². The fraction of sp³-hybridized carbons (Fsp3) is 0.375. The van der Waals surface area contributed by atoms with Crippen molar-refractivity contribution < 1.29 is 18.0 Å². The summed E-state index contributed by atoms with van der Waals surface area (Å²) in [4.78, 5) is 43.5. The standard InChI is InChI=1S/C32H38N8O5S/c1-36-23-27(21-35-36)46(44,45)38-17-8-13-26(22-38)40-28(24-9-4-2-5-10-24)29(31(42)37-18-14-33-15-19-37)39(32(40)43)20-16-34-30(41)25-11-6-3-7-12-25/h2-7,9-12,21,23,26,33H,8,13-20,22H2,1H3,(H,34,41). The normalized spacial score (nSPS) is 17.6. The average Bonchev–Trinajstić information content (AvgIpc) is 3.66. The van der Waals surface area contributed by atoms with E-state index in [0.717, 1.165) is 0 Å². The number of amides is 2. The van der Waals surface area contributed by atoms with Crippen LogP contribution >= 0.6 is 0 Å². The molecular formula is C32H38N8O5S. The van der Waals surface area contributed by atoms with Gasteiger partial charge in [-0.3, -0.25) is 23.4 Å². The van der Waals surface area contributed by atoms with Crippen molar-refractivity contribution in [2.24, 2.45) is 7.05 Å². The van der Waals surface area contributed by atoms with Crippen LogP contribution in [-0.4, -0.2) is 94.2 Å². The zero-order chi connectivity index (χ0) is 32.3. The number of piperidine rings is 1. The fourth-order valence-electron chi connectivity index (χ4n) is 6.22. The molecule has 0 aliphatic carbocycles. The highest BCUT2D eigenvalue weighted by Gasteiger charge is 2.37. The molecule has 4 aromatic rings. The number of carbonyl (C=O) groups is 2. The largest absolute Gasteiger partial charge is 0.350 e. The molecule has 46 heavy (non-hydrogen) atoms. The SMILES string of the molecule is Cn1cc(S(=O)(=O)N2CCCC(n3c(-c4ccccc4)c(C(=O)N4CCNCC4)n(CCNC(=O)c4ccccc4)c3=O)C2)cn1. The summed E-state index contributed by atoms with van der Waals surface area (Å²) >= 11 is 0. The van der Waals surface area contributed by atoms with Gasteiger partial charge in [0.05, 0.1) is 17.9 Å². The summed E-state index contributed by atoms with van der Waals surface area (Å²) in [5.74, 6) is -0.559. The molecule has 2 aliphatic rings. The van der Waals surface area contributed by atoms with E-state index in [4.69, 9.17) is 0 Å². The van der Waals surface area contributed by atoms with E-state index in [1.54, 1.807) is 40.8 Å². The van der Waals surface area contributed by atoms with Crippen LogP contribution < -0.4 is 16.3 Å². The molecular weight excluding hydrogens is 608 g/mol. The van der Waals surface area contributed by atoms with Gasteiger partial charge in [-0.15, -0.1) is 0 Å². The molecule has 0 saturated carbocycles. The molecule has 2 amide bonds. The van der Waals surface area contributed by atoms with Crippen LogP contribution in [0.5, 0.6) is 0 Å². The van der Waals surface area contributed by atoms with E-state index in [1.807, 2.05) is 36.4 Å². The summed E-state index contributed by atoms with van der Waals surface area (Å²) in [5.41, 5.74) is 1.44. The smallest absolute Gasteiger partial charge is 0.329 e. The maximum atomic E-state index is 14.5. The number of aromatic nitrogens is 4. The van der Waals surface area contributed by atoms with Gasteiger partial charge in [0.2, 0.25) is 10.0 Å². The lowest BCUT2D eigenvalue weighted by Crippen LogP contribution is -2.47. The van der Waals surface area contributed by atoms with Gasteiger partial charge in [0, 0.05) is 76.7 Å². The van der Waals surface area contributed by atoms with Gasteiger partial charge in [0.1, 0.15) is 10.6 Å². The van der Waals surface area contributed by atoms with Gasteiger partial charge < -0.3 is 15.5 Å². The Balaban J connectivity index is 1.42. The molecule has 1 atom stereocenters. The second-order valence-electron chi connectivity index (χ2n) is 11.5. The van der Waals surface area contributed by atoms with Gasteiger partial charge in [-0.1, -0.05) is 48.5 Å². The van der Waals surface area contributed by atoms with Gasteiger partial charge in [0.15, 0.2) is 0 Å². The van der Waals surface area contributed by atoms with Gasteiger partial charge in [-0.25, -0.2) is 13.2 Å². The summed E-state index contributed by atoms with van der Waals surface area (Å²) in [6.45, 7) is 2.77. The number of aryl methyl sites for hydroxylation is 1. The van der Waals surface area contributed by atoms with E-state index in [0.29, 0.717) is 62.4 Å². The number of rotatable bonds is 9. The summed E-state index contributed by atoms with van der Waals surface area (Å²) in [6.07, 6.45) is 3.87. The second kappa shape index (κ2) is 13.4. The Labute approximate surface area is 267 Å². The van der Waals surface area contributed by atoms with Crippen molar-refractivity contribution in [2.75, 3.05) is 45.8 Å². The summed E-state index contributed by atoms with van der Waals surface area (Å²) < 4.78 is 33.1. The lowest BCUT2D eigenvalue weighted by molar-refractivity contribution is 0.0725.